The number of unbranched alkanes of at least 4 members (excludes halogenated alkanes) is 18. The molecular formula is C50H87O10P. The zero-order valence-corrected chi connectivity index (χ0v) is 39.3. The lowest BCUT2D eigenvalue weighted by molar-refractivity contribution is -0.161. The van der Waals surface area contributed by atoms with Crippen molar-refractivity contribution in [1.82, 2.24) is 0 Å². The number of allylic oxidation sites excluding steroid dienone is 12. The Labute approximate surface area is 371 Å². The molecule has 352 valence electrons. The zero-order chi connectivity index (χ0) is 44.8. The van der Waals surface area contributed by atoms with Gasteiger partial charge < -0.3 is 24.6 Å². The minimum atomic E-state index is -4.65. The lowest BCUT2D eigenvalue weighted by Gasteiger charge is -2.20. The third-order valence-corrected chi connectivity index (χ3v) is 10.8. The monoisotopic (exact) mass is 879 g/mol. The van der Waals surface area contributed by atoms with E-state index < -0.39 is 51.8 Å². The van der Waals surface area contributed by atoms with Gasteiger partial charge in [-0.1, -0.05) is 177 Å². The molecule has 0 aliphatic carbocycles. The van der Waals surface area contributed by atoms with E-state index in [-0.39, 0.29) is 19.4 Å². The van der Waals surface area contributed by atoms with Gasteiger partial charge in [0.05, 0.1) is 19.8 Å². The first-order valence-corrected chi connectivity index (χ1v) is 25.4. The van der Waals surface area contributed by atoms with Crippen molar-refractivity contribution >= 4 is 19.8 Å². The van der Waals surface area contributed by atoms with Gasteiger partial charge in [0.15, 0.2) is 6.10 Å². The third kappa shape index (κ3) is 45.3. The van der Waals surface area contributed by atoms with E-state index in [9.17, 15) is 24.2 Å². The maximum atomic E-state index is 12.6. The van der Waals surface area contributed by atoms with Gasteiger partial charge in [-0.05, 0) is 77.0 Å². The molecule has 0 radical (unpaired) electrons. The van der Waals surface area contributed by atoms with Gasteiger partial charge in [-0.2, -0.15) is 0 Å². The largest absolute Gasteiger partial charge is 0.472 e. The molecule has 11 heteroatoms. The second-order valence-corrected chi connectivity index (χ2v) is 17.2. The van der Waals surface area contributed by atoms with Crippen molar-refractivity contribution in [3.05, 3.63) is 72.9 Å². The minimum absolute atomic E-state index is 0.106. The topological polar surface area (TPSA) is 149 Å². The standard InChI is InChI=1S/C50H87O10P/c1-3-5-7-9-11-13-15-17-19-21-22-23-24-26-27-29-31-33-35-37-39-41-49(53)57-45-48(46-59-61(55,56)58-44-47(52)43-51)60-50(54)42-40-38-36-34-32-30-28-25-20-18-16-14-12-10-8-6-4-2/h19,21,23-24,27-30,33-36,47-48,51-52H,3-18,20,22,25-26,31-32,37-46H2,1-2H3,(H,55,56)/b21-19+,24-23+,29-27+,30-28+,35-33+,36-34+/t47-,48+/m0/s1. The molecular weight excluding hydrogens is 792 g/mol. The first kappa shape index (κ1) is 58.4. The molecule has 0 amide bonds. The van der Waals surface area contributed by atoms with Gasteiger partial charge in [-0.15, -0.1) is 0 Å². The Morgan fingerprint density at radius 2 is 0.852 bits per heavy atom. The third-order valence-electron chi connectivity index (χ3n) is 9.83. The van der Waals surface area contributed by atoms with Crippen LogP contribution in [0.2, 0.25) is 0 Å². The van der Waals surface area contributed by atoms with Crippen molar-refractivity contribution in [2.45, 2.75) is 206 Å². The number of phosphoric ester groups is 1. The van der Waals surface area contributed by atoms with Crippen LogP contribution in [0.1, 0.15) is 194 Å². The fraction of sp³-hybridized carbons (Fsp3) is 0.720. The van der Waals surface area contributed by atoms with E-state index in [4.69, 9.17) is 19.1 Å². The van der Waals surface area contributed by atoms with Crippen LogP contribution in [0.3, 0.4) is 0 Å². The van der Waals surface area contributed by atoms with Gasteiger partial charge in [-0.3, -0.25) is 18.6 Å². The Morgan fingerprint density at radius 3 is 1.28 bits per heavy atom. The second kappa shape index (κ2) is 45.4. The Hall–Kier alpha value is -2.59. The SMILES string of the molecule is CCCCCCCCC/C=C/C/C=C/C/C=C/C/C=C/CCCC(=O)OC[C@H](COP(=O)(O)OC[C@@H](O)CO)OC(=O)CCC/C=C/C/C=C/CCCCCCCCCCC. The van der Waals surface area contributed by atoms with Crippen molar-refractivity contribution in [2.24, 2.45) is 0 Å². The van der Waals surface area contributed by atoms with E-state index in [0.717, 1.165) is 32.1 Å². The first-order chi connectivity index (χ1) is 29.7. The van der Waals surface area contributed by atoms with Crippen LogP contribution in [0.15, 0.2) is 72.9 Å². The maximum Gasteiger partial charge on any atom is 0.472 e. The molecule has 3 N–H and O–H groups in total. The molecule has 3 atom stereocenters. The van der Waals surface area contributed by atoms with Gasteiger partial charge in [0.25, 0.3) is 0 Å². The van der Waals surface area contributed by atoms with Crippen molar-refractivity contribution in [3.63, 3.8) is 0 Å². The van der Waals surface area contributed by atoms with Crippen LogP contribution in [-0.4, -0.2) is 65.7 Å². The number of rotatable bonds is 44. The number of aliphatic hydroxyl groups is 2. The average Bonchev–Trinajstić information content (AvgIpc) is 3.25. The van der Waals surface area contributed by atoms with Gasteiger partial charge >= 0.3 is 19.8 Å². The van der Waals surface area contributed by atoms with Crippen LogP contribution in [0.5, 0.6) is 0 Å². The van der Waals surface area contributed by atoms with E-state index in [0.29, 0.717) is 25.7 Å². The fourth-order valence-corrected chi connectivity index (χ4v) is 6.93. The van der Waals surface area contributed by atoms with Crippen LogP contribution >= 0.6 is 7.82 Å². The van der Waals surface area contributed by atoms with Gasteiger partial charge in [0.2, 0.25) is 0 Å². The van der Waals surface area contributed by atoms with Crippen molar-refractivity contribution in [1.29, 1.82) is 0 Å². The normalized spacial score (nSPS) is 14.4. The van der Waals surface area contributed by atoms with Gasteiger partial charge in [0.1, 0.15) is 12.7 Å². The summed E-state index contributed by atoms with van der Waals surface area (Å²) in [4.78, 5) is 35.0. The molecule has 10 nitrogen and oxygen atoms in total. The quantitative estimate of drug-likeness (QED) is 0.0234. The summed E-state index contributed by atoms with van der Waals surface area (Å²) in [5.74, 6) is -1.05. The molecule has 0 aromatic rings. The highest BCUT2D eigenvalue weighted by atomic mass is 31.2. The molecule has 0 aliphatic heterocycles. The highest BCUT2D eigenvalue weighted by molar-refractivity contribution is 7.47. The van der Waals surface area contributed by atoms with E-state index in [1.54, 1.807) is 0 Å². The lowest BCUT2D eigenvalue weighted by Crippen LogP contribution is -2.29. The Kier molecular flexibility index (Phi) is 43.5. The van der Waals surface area contributed by atoms with Gasteiger partial charge in [0, 0.05) is 12.8 Å². The summed E-state index contributed by atoms with van der Waals surface area (Å²) in [6, 6.07) is 0. The zero-order valence-electron chi connectivity index (χ0n) is 38.4. The number of carbonyl (C=O) groups is 2. The van der Waals surface area contributed by atoms with E-state index in [1.165, 1.54) is 109 Å². The Bertz CT molecular complexity index is 1240. The number of carbonyl (C=O) groups excluding carboxylic acids is 2. The average molecular weight is 879 g/mol. The molecule has 0 rings (SSSR count). The number of esters is 2. The molecule has 61 heavy (non-hydrogen) atoms. The molecule has 0 heterocycles. The number of aliphatic hydroxyl groups excluding tert-OH is 2. The number of hydrogen-bond donors (Lipinski definition) is 3. The summed E-state index contributed by atoms with van der Waals surface area (Å²) in [6.07, 6.45) is 53.2. The molecule has 0 spiro atoms. The highest BCUT2D eigenvalue weighted by Crippen LogP contribution is 2.43. The summed E-state index contributed by atoms with van der Waals surface area (Å²) < 4.78 is 32.7. The molecule has 0 aliphatic rings. The molecule has 0 fully saturated rings. The van der Waals surface area contributed by atoms with Crippen LogP contribution in [0.25, 0.3) is 0 Å². The summed E-state index contributed by atoms with van der Waals surface area (Å²) in [5.41, 5.74) is 0. The highest BCUT2D eigenvalue weighted by Gasteiger charge is 2.27. The van der Waals surface area contributed by atoms with Crippen LogP contribution in [-0.2, 0) is 32.7 Å². The van der Waals surface area contributed by atoms with Crippen molar-refractivity contribution in [2.75, 3.05) is 26.4 Å². The Balaban J connectivity index is 4.40. The molecule has 0 aromatic heterocycles. The van der Waals surface area contributed by atoms with Gasteiger partial charge in [-0.25, -0.2) is 4.57 Å². The Morgan fingerprint density at radius 1 is 0.492 bits per heavy atom. The molecule has 1 unspecified atom stereocenters. The van der Waals surface area contributed by atoms with Crippen LogP contribution < -0.4 is 0 Å². The van der Waals surface area contributed by atoms with Crippen LogP contribution in [0, 0.1) is 0 Å². The number of ether oxygens (including phenoxy) is 2. The van der Waals surface area contributed by atoms with Crippen molar-refractivity contribution in [3.8, 4) is 0 Å². The maximum absolute atomic E-state index is 12.6. The summed E-state index contributed by atoms with van der Waals surface area (Å²) in [7, 11) is -4.65. The predicted molar refractivity (Wildman–Crippen MR) is 251 cm³/mol. The second-order valence-electron chi connectivity index (χ2n) is 15.8. The predicted octanol–water partition coefficient (Wildman–Crippen LogP) is 13.2. The number of hydrogen-bond acceptors (Lipinski definition) is 9. The lowest BCUT2D eigenvalue weighted by atomic mass is 10.1. The molecule has 0 bridgehead atoms. The summed E-state index contributed by atoms with van der Waals surface area (Å²) in [5, 5.41) is 18.4. The minimum Gasteiger partial charge on any atom is -0.462 e. The fourth-order valence-electron chi connectivity index (χ4n) is 6.14. The molecule has 0 saturated carbocycles. The van der Waals surface area contributed by atoms with E-state index in [1.807, 2.05) is 12.2 Å². The first-order valence-electron chi connectivity index (χ1n) is 23.9. The number of phosphoric acid groups is 1. The van der Waals surface area contributed by atoms with Crippen LogP contribution in [0.4, 0.5) is 0 Å². The van der Waals surface area contributed by atoms with E-state index >= 15 is 0 Å². The smallest absolute Gasteiger partial charge is 0.462 e. The summed E-state index contributed by atoms with van der Waals surface area (Å²) in [6.45, 7) is 2.27. The molecule has 0 aromatic carbocycles. The van der Waals surface area contributed by atoms with E-state index in [2.05, 4.69) is 79.1 Å². The molecule has 0 saturated heterocycles. The van der Waals surface area contributed by atoms with Crippen molar-refractivity contribution < 1.29 is 47.8 Å². The summed E-state index contributed by atoms with van der Waals surface area (Å²) >= 11 is 0.